The maximum absolute atomic E-state index is 8.81. The number of nitrogen functional groups attached to an aromatic ring is 1. The molecule has 2 N–H and O–H groups in total. The molecule has 74 valence electrons. The van der Waals surface area contributed by atoms with Gasteiger partial charge in [-0.2, -0.15) is 5.26 Å². The first kappa shape index (κ1) is 10.2. The standard InChI is InChI=1S/C10H5BrClN3/c11-6-1-2-7(12)8-9(14)5(3-13)4-15-10(6)8/h1-2,4H,(H2,14,15). The first-order valence-electron chi connectivity index (χ1n) is 4.07. The zero-order valence-corrected chi connectivity index (χ0v) is 9.80. The molecule has 5 heteroatoms. The van der Waals surface area contributed by atoms with Crippen LogP contribution in [0.3, 0.4) is 0 Å². The van der Waals surface area contributed by atoms with Crippen molar-refractivity contribution in [2.24, 2.45) is 0 Å². The van der Waals surface area contributed by atoms with Crippen LogP contribution in [-0.2, 0) is 0 Å². The van der Waals surface area contributed by atoms with Crippen LogP contribution in [0.25, 0.3) is 10.9 Å². The van der Waals surface area contributed by atoms with Crippen LogP contribution in [0.5, 0.6) is 0 Å². The number of hydrogen-bond acceptors (Lipinski definition) is 3. The van der Waals surface area contributed by atoms with Gasteiger partial charge in [-0.05, 0) is 28.1 Å². The van der Waals surface area contributed by atoms with Crippen molar-refractivity contribution in [2.45, 2.75) is 0 Å². The Morgan fingerprint density at radius 3 is 2.87 bits per heavy atom. The molecule has 0 fully saturated rings. The molecule has 15 heavy (non-hydrogen) atoms. The number of nitriles is 1. The summed E-state index contributed by atoms with van der Waals surface area (Å²) in [6.07, 6.45) is 1.44. The fraction of sp³-hybridized carbons (Fsp3) is 0. The highest BCUT2D eigenvalue weighted by Crippen LogP contribution is 2.33. The molecular weight excluding hydrogens is 277 g/mol. The first-order chi connectivity index (χ1) is 7.15. The molecule has 1 aromatic heterocycles. The van der Waals surface area contributed by atoms with Crippen LogP contribution in [0.1, 0.15) is 5.56 Å². The van der Waals surface area contributed by atoms with Gasteiger partial charge in [0.1, 0.15) is 6.07 Å². The van der Waals surface area contributed by atoms with Gasteiger partial charge in [-0.1, -0.05) is 11.6 Å². The fourth-order valence-corrected chi connectivity index (χ4v) is 2.03. The minimum Gasteiger partial charge on any atom is -0.397 e. The third-order valence-electron chi connectivity index (χ3n) is 2.08. The van der Waals surface area contributed by atoms with Crippen molar-refractivity contribution in [2.75, 3.05) is 5.73 Å². The fourth-order valence-electron chi connectivity index (χ4n) is 1.35. The average Bonchev–Trinajstić information content (AvgIpc) is 2.23. The van der Waals surface area contributed by atoms with E-state index in [9.17, 15) is 0 Å². The monoisotopic (exact) mass is 281 g/mol. The number of anilines is 1. The van der Waals surface area contributed by atoms with Crippen LogP contribution >= 0.6 is 27.5 Å². The summed E-state index contributed by atoms with van der Waals surface area (Å²) in [5.41, 5.74) is 7.20. The number of nitrogens with zero attached hydrogens (tertiary/aromatic N) is 2. The number of rotatable bonds is 0. The molecule has 0 saturated carbocycles. The van der Waals surface area contributed by atoms with Gasteiger partial charge in [-0.25, -0.2) is 0 Å². The normalized spacial score (nSPS) is 10.2. The lowest BCUT2D eigenvalue weighted by Gasteiger charge is -2.06. The Kier molecular flexibility index (Phi) is 2.51. The number of hydrogen-bond donors (Lipinski definition) is 1. The van der Waals surface area contributed by atoms with E-state index in [4.69, 9.17) is 22.6 Å². The summed E-state index contributed by atoms with van der Waals surface area (Å²) in [6.45, 7) is 0. The van der Waals surface area contributed by atoms with Crippen molar-refractivity contribution in [3.8, 4) is 6.07 Å². The predicted octanol–water partition coefficient (Wildman–Crippen LogP) is 3.10. The molecule has 1 aromatic carbocycles. The molecule has 0 aliphatic rings. The number of halogens is 2. The molecule has 1 heterocycles. The maximum Gasteiger partial charge on any atom is 0.103 e. The van der Waals surface area contributed by atoms with Crippen molar-refractivity contribution in [3.05, 3.63) is 33.4 Å². The lowest BCUT2D eigenvalue weighted by Crippen LogP contribution is -1.95. The first-order valence-corrected chi connectivity index (χ1v) is 5.24. The molecule has 0 aliphatic carbocycles. The van der Waals surface area contributed by atoms with Crippen LogP contribution in [-0.4, -0.2) is 4.98 Å². The Hall–Kier alpha value is -1.31. The van der Waals surface area contributed by atoms with E-state index in [2.05, 4.69) is 20.9 Å². The molecular formula is C10H5BrClN3. The Labute approximate surface area is 99.6 Å². The summed E-state index contributed by atoms with van der Waals surface area (Å²) in [6, 6.07) is 5.48. The number of nitrogens with two attached hydrogens (primary N) is 1. The number of benzene rings is 1. The van der Waals surface area contributed by atoms with Crippen LogP contribution in [0.4, 0.5) is 5.69 Å². The molecule has 2 rings (SSSR count). The summed E-state index contributed by atoms with van der Waals surface area (Å²) in [4.78, 5) is 4.14. The quantitative estimate of drug-likeness (QED) is 0.807. The van der Waals surface area contributed by atoms with E-state index in [-0.39, 0.29) is 0 Å². The van der Waals surface area contributed by atoms with Crippen LogP contribution < -0.4 is 5.73 Å². The van der Waals surface area contributed by atoms with Crippen molar-refractivity contribution in [1.82, 2.24) is 4.98 Å². The predicted molar refractivity (Wildman–Crippen MR) is 63.6 cm³/mol. The van der Waals surface area contributed by atoms with Gasteiger partial charge in [-0.15, -0.1) is 0 Å². The van der Waals surface area contributed by atoms with Crippen LogP contribution in [0.15, 0.2) is 22.8 Å². The van der Waals surface area contributed by atoms with Gasteiger partial charge in [0.15, 0.2) is 0 Å². The molecule has 0 saturated heterocycles. The average molecular weight is 283 g/mol. The van der Waals surface area contributed by atoms with Gasteiger partial charge in [-0.3, -0.25) is 4.98 Å². The molecule has 0 bridgehead atoms. The lowest BCUT2D eigenvalue weighted by molar-refractivity contribution is 1.37. The minimum absolute atomic E-state index is 0.336. The second-order valence-corrected chi connectivity index (χ2v) is 4.21. The van der Waals surface area contributed by atoms with Crippen molar-refractivity contribution in [1.29, 1.82) is 5.26 Å². The maximum atomic E-state index is 8.81. The number of pyridine rings is 1. The topological polar surface area (TPSA) is 62.7 Å². The smallest absolute Gasteiger partial charge is 0.103 e. The molecule has 0 amide bonds. The molecule has 0 aliphatic heterocycles. The molecule has 3 nitrogen and oxygen atoms in total. The Bertz CT molecular complexity index is 589. The van der Waals surface area contributed by atoms with Gasteiger partial charge < -0.3 is 5.73 Å². The van der Waals surface area contributed by atoms with Gasteiger partial charge in [0, 0.05) is 16.1 Å². The van der Waals surface area contributed by atoms with E-state index < -0.39 is 0 Å². The number of aromatic nitrogens is 1. The summed E-state index contributed by atoms with van der Waals surface area (Å²) in [5.74, 6) is 0. The van der Waals surface area contributed by atoms with E-state index in [1.165, 1.54) is 6.20 Å². The summed E-state index contributed by atoms with van der Waals surface area (Å²) in [7, 11) is 0. The van der Waals surface area contributed by atoms with Crippen molar-refractivity contribution < 1.29 is 0 Å². The zero-order valence-electron chi connectivity index (χ0n) is 7.46. The third-order valence-corrected chi connectivity index (χ3v) is 3.04. The summed E-state index contributed by atoms with van der Waals surface area (Å²) >= 11 is 9.37. The summed E-state index contributed by atoms with van der Waals surface area (Å²) < 4.78 is 0.804. The lowest BCUT2D eigenvalue weighted by atomic mass is 10.1. The molecule has 0 radical (unpaired) electrons. The second kappa shape index (κ2) is 3.69. The van der Waals surface area contributed by atoms with E-state index in [0.717, 1.165) is 4.47 Å². The van der Waals surface area contributed by atoms with Crippen LogP contribution in [0, 0.1) is 11.3 Å². The van der Waals surface area contributed by atoms with E-state index in [1.54, 1.807) is 12.1 Å². The van der Waals surface area contributed by atoms with E-state index in [0.29, 0.717) is 27.2 Å². The highest BCUT2D eigenvalue weighted by Gasteiger charge is 2.10. The molecule has 0 unspecified atom stereocenters. The highest BCUT2D eigenvalue weighted by atomic mass is 79.9. The zero-order chi connectivity index (χ0) is 11.0. The van der Waals surface area contributed by atoms with Gasteiger partial charge in [0.2, 0.25) is 0 Å². The van der Waals surface area contributed by atoms with Crippen molar-refractivity contribution in [3.63, 3.8) is 0 Å². The molecule has 0 spiro atoms. The Balaban J connectivity index is 3.00. The molecule has 2 aromatic rings. The Morgan fingerprint density at radius 2 is 2.20 bits per heavy atom. The van der Waals surface area contributed by atoms with Crippen LogP contribution in [0.2, 0.25) is 5.02 Å². The van der Waals surface area contributed by atoms with E-state index in [1.807, 2.05) is 6.07 Å². The van der Waals surface area contributed by atoms with Gasteiger partial charge in [0.25, 0.3) is 0 Å². The molecule has 0 atom stereocenters. The third kappa shape index (κ3) is 1.54. The second-order valence-electron chi connectivity index (χ2n) is 2.95. The minimum atomic E-state index is 0.336. The van der Waals surface area contributed by atoms with E-state index >= 15 is 0 Å². The Morgan fingerprint density at radius 1 is 1.47 bits per heavy atom. The SMILES string of the molecule is N#Cc1cnc2c(Br)ccc(Cl)c2c1N. The highest BCUT2D eigenvalue weighted by molar-refractivity contribution is 9.10. The van der Waals surface area contributed by atoms with Gasteiger partial charge >= 0.3 is 0 Å². The van der Waals surface area contributed by atoms with Gasteiger partial charge in [0.05, 0.1) is 21.8 Å². The summed E-state index contributed by atoms with van der Waals surface area (Å²) in [5, 5.41) is 9.92. The largest absolute Gasteiger partial charge is 0.397 e. The van der Waals surface area contributed by atoms with Crippen molar-refractivity contribution >= 4 is 44.1 Å². The number of fused-ring (bicyclic) bond motifs is 1.